The van der Waals surface area contributed by atoms with E-state index in [4.69, 9.17) is 9.84 Å². The summed E-state index contributed by atoms with van der Waals surface area (Å²) in [5, 5.41) is 9.00. The van der Waals surface area contributed by atoms with Crippen LogP contribution in [0.4, 0.5) is 0 Å². The summed E-state index contributed by atoms with van der Waals surface area (Å²) in [6.07, 6.45) is 5.66. The van der Waals surface area contributed by atoms with Crippen molar-refractivity contribution in [2.45, 2.75) is 12.8 Å². The van der Waals surface area contributed by atoms with E-state index in [9.17, 15) is 4.79 Å². The van der Waals surface area contributed by atoms with Gasteiger partial charge < -0.3 is 9.84 Å². The fourth-order valence-electron chi connectivity index (χ4n) is 1.64. The minimum absolute atomic E-state index is 0.253. The van der Waals surface area contributed by atoms with Crippen molar-refractivity contribution in [3.8, 4) is 5.75 Å². The Hall–Kier alpha value is -1.77. The van der Waals surface area contributed by atoms with Gasteiger partial charge in [-0.15, -0.1) is 0 Å². The highest BCUT2D eigenvalue weighted by atomic mass is 16.5. The topological polar surface area (TPSA) is 46.5 Å². The van der Waals surface area contributed by atoms with E-state index in [0.29, 0.717) is 12.4 Å². The van der Waals surface area contributed by atoms with Gasteiger partial charge in [-0.1, -0.05) is 24.3 Å². The Labute approximate surface area is 88.0 Å². The second-order valence-corrected chi connectivity index (χ2v) is 3.41. The number of carboxylic acid groups (broad SMARTS) is 1. The van der Waals surface area contributed by atoms with Gasteiger partial charge in [-0.3, -0.25) is 0 Å². The average molecular weight is 204 g/mol. The summed E-state index contributed by atoms with van der Waals surface area (Å²) in [6, 6.07) is 5.23. The molecule has 1 aliphatic heterocycles. The van der Waals surface area contributed by atoms with Gasteiger partial charge in [0.15, 0.2) is 0 Å². The summed E-state index contributed by atoms with van der Waals surface area (Å²) in [7, 11) is 0. The molecule has 1 heterocycles. The number of fused-ring (bicyclic) bond motifs is 1. The maximum absolute atomic E-state index is 11.0. The number of hydrogen-bond acceptors (Lipinski definition) is 2. The molecule has 0 amide bonds. The van der Waals surface area contributed by atoms with Crippen LogP contribution in [0, 0.1) is 0 Å². The van der Waals surface area contributed by atoms with E-state index >= 15 is 0 Å². The standard InChI is InChI=1S/C12H12O3/c13-12(14)10-7-4-6-9-5-2-1-3-8-15-11(9)10/h1-2,4,6-7H,3,5,8H2,(H,13,14). The number of rotatable bonds is 1. The van der Waals surface area contributed by atoms with Crippen LogP contribution in [-0.2, 0) is 6.42 Å². The third-order valence-corrected chi connectivity index (χ3v) is 2.36. The monoisotopic (exact) mass is 204 g/mol. The zero-order valence-corrected chi connectivity index (χ0v) is 8.27. The van der Waals surface area contributed by atoms with Crippen LogP contribution in [0.15, 0.2) is 30.4 Å². The van der Waals surface area contributed by atoms with Gasteiger partial charge in [0.1, 0.15) is 11.3 Å². The molecule has 1 aromatic rings. The maximum atomic E-state index is 11.0. The summed E-state index contributed by atoms with van der Waals surface area (Å²) >= 11 is 0. The normalized spacial score (nSPS) is 14.7. The number of ether oxygens (including phenoxy) is 1. The van der Waals surface area contributed by atoms with Crippen molar-refractivity contribution in [3.63, 3.8) is 0 Å². The first-order valence-corrected chi connectivity index (χ1v) is 4.92. The predicted molar refractivity (Wildman–Crippen MR) is 56.4 cm³/mol. The SMILES string of the molecule is O=C(O)c1cccc2c1OCCC=CC2. The van der Waals surface area contributed by atoms with E-state index in [0.717, 1.165) is 18.4 Å². The van der Waals surface area contributed by atoms with Crippen molar-refractivity contribution in [1.29, 1.82) is 0 Å². The van der Waals surface area contributed by atoms with Crippen molar-refractivity contribution in [3.05, 3.63) is 41.5 Å². The number of carboxylic acids is 1. The average Bonchev–Trinajstić information content (AvgIpc) is 2.17. The van der Waals surface area contributed by atoms with Gasteiger partial charge in [0.25, 0.3) is 0 Å². The molecule has 15 heavy (non-hydrogen) atoms. The molecule has 0 aliphatic carbocycles. The lowest BCUT2D eigenvalue weighted by molar-refractivity contribution is 0.0692. The molecule has 0 spiro atoms. The third kappa shape index (κ3) is 2.01. The van der Waals surface area contributed by atoms with E-state index in [1.54, 1.807) is 12.1 Å². The Morgan fingerprint density at radius 3 is 3.00 bits per heavy atom. The Balaban J connectivity index is 2.47. The molecule has 3 heteroatoms. The van der Waals surface area contributed by atoms with Gasteiger partial charge in [-0.25, -0.2) is 4.79 Å². The Morgan fingerprint density at radius 1 is 1.33 bits per heavy atom. The Kier molecular flexibility index (Phi) is 2.72. The fourth-order valence-corrected chi connectivity index (χ4v) is 1.64. The first-order chi connectivity index (χ1) is 7.29. The molecule has 1 N–H and O–H groups in total. The van der Waals surface area contributed by atoms with E-state index < -0.39 is 5.97 Å². The highest BCUT2D eigenvalue weighted by molar-refractivity contribution is 5.91. The summed E-state index contributed by atoms with van der Waals surface area (Å²) in [4.78, 5) is 11.0. The van der Waals surface area contributed by atoms with Gasteiger partial charge in [-0.2, -0.15) is 0 Å². The lowest BCUT2D eigenvalue weighted by atomic mass is 10.0. The van der Waals surface area contributed by atoms with E-state index in [-0.39, 0.29) is 5.56 Å². The van der Waals surface area contributed by atoms with Crippen LogP contribution in [0.2, 0.25) is 0 Å². The van der Waals surface area contributed by atoms with Crippen LogP contribution >= 0.6 is 0 Å². The minimum Gasteiger partial charge on any atom is -0.492 e. The zero-order valence-electron chi connectivity index (χ0n) is 8.27. The van der Waals surface area contributed by atoms with E-state index in [1.807, 2.05) is 12.1 Å². The van der Waals surface area contributed by atoms with Crippen LogP contribution in [0.3, 0.4) is 0 Å². The molecule has 1 aliphatic rings. The van der Waals surface area contributed by atoms with Crippen LogP contribution in [0.1, 0.15) is 22.3 Å². The second-order valence-electron chi connectivity index (χ2n) is 3.41. The first-order valence-electron chi connectivity index (χ1n) is 4.92. The number of para-hydroxylation sites is 1. The fraction of sp³-hybridized carbons (Fsp3) is 0.250. The van der Waals surface area contributed by atoms with Crippen molar-refractivity contribution < 1.29 is 14.6 Å². The summed E-state index contributed by atoms with van der Waals surface area (Å²) in [6.45, 7) is 0.536. The molecular formula is C12H12O3. The van der Waals surface area contributed by atoms with Crippen LogP contribution in [0.25, 0.3) is 0 Å². The van der Waals surface area contributed by atoms with Crippen LogP contribution in [0.5, 0.6) is 5.75 Å². The molecular weight excluding hydrogens is 192 g/mol. The quantitative estimate of drug-likeness (QED) is 0.714. The van der Waals surface area contributed by atoms with Crippen molar-refractivity contribution in [2.75, 3.05) is 6.61 Å². The molecule has 0 aromatic heterocycles. The molecule has 2 rings (SSSR count). The molecule has 0 saturated heterocycles. The van der Waals surface area contributed by atoms with E-state index in [1.165, 1.54) is 0 Å². The lowest BCUT2D eigenvalue weighted by Crippen LogP contribution is -2.07. The van der Waals surface area contributed by atoms with Gasteiger partial charge >= 0.3 is 5.97 Å². The number of allylic oxidation sites excluding steroid dienone is 1. The van der Waals surface area contributed by atoms with Gasteiger partial charge in [0, 0.05) is 0 Å². The largest absolute Gasteiger partial charge is 0.492 e. The van der Waals surface area contributed by atoms with Gasteiger partial charge in [0.2, 0.25) is 0 Å². The summed E-state index contributed by atoms with van der Waals surface area (Å²) in [5.74, 6) is -0.411. The molecule has 78 valence electrons. The first kappa shape index (κ1) is 9.77. The third-order valence-electron chi connectivity index (χ3n) is 2.36. The molecule has 0 bridgehead atoms. The van der Waals surface area contributed by atoms with Gasteiger partial charge in [0.05, 0.1) is 6.61 Å². The van der Waals surface area contributed by atoms with Crippen molar-refractivity contribution in [2.24, 2.45) is 0 Å². The van der Waals surface area contributed by atoms with Gasteiger partial charge in [-0.05, 0) is 24.5 Å². The number of carbonyl (C=O) groups is 1. The molecule has 3 nitrogen and oxygen atoms in total. The van der Waals surface area contributed by atoms with Crippen LogP contribution < -0.4 is 4.74 Å². The molecule has 0 radical (unpaired) electrons. The molecule has 0 atom stereocenters. The maximum Gasteiger partial charge on any atom is 0.339 e. The number of hydrogen-bond donors (Lipinski definition) is 1. The van der Waals surface area contributed by atoms with Crippen LogP contribution in [-0.4, -0.2) is 17.7 Å². The molecule has 0 unspecified atom stereocenters. The number of aromatic carboxylic acids is 1. The zero-order chi connectivity index (χ0) is 10.7. The summed E-state index contributed by atoms with van der Waals surface area (Å²) in [5.41, 5.74) is 1.19. The van der Waals surface area contributed by atoms with E-state index in [2.05, 4.69) is 6.08 Å². The van der Waals surface area contributed by atoms with Crippen molar-refractivity contribution in [1.82, 2.24) is 0 Å². The number of benzene rings is 1. The Morgan fingerprint density at radius 2 is 2.20 bits per heavy atom. The smallest absolute Gasteiger partial charge is 0.339 e. The molecule has 1 aromatic carbocycles. The highest BCUT2D eigenvalue weighted by Crippen LogP contribution is 2.26. The lowest BCUT2D eigenvalue weighted by Gasteiger charge is -2.14. The highest BCUT2D eigenvalue weighted by Gasteiger charge is 2.15. The second kappa shape index (κ2) is 4.17. The predicted octanol–water partition coefficient (Wildman–Crippen LogP) is 2.27. The minimum atomic E-state index is -0.934. The van der Waals surface area contributed by atoms with Crippen molar-refractivity contribution >= 4 is 5.97 Å². The summed E-state index contributed by atoms with van der Waals surface area (Å²) < 4.78 is 5.49. The molecule has 0 saturated carbocycles. The Bertz CT molecular complexity index is 407. The molecule has 0 fully saturated rings.